The maximum absolute atomic E-state index is 11.8. The summed E-state index contributed by atoms with van der Waals surface area (Å²) in [7, 11) is 4.04. The van der Waals surface area contributed by atoms with Crippen molar-refractivity contribution in [1.29, 1.82) is 0 Å². The average molecular weight is 264 g/mol. The molecule has 0 aliphatic carbocycles. The van der Waals surface area contributed by atoms with Crippen molar-refractivity contribution in [3.05, 3.63) is 29.8 Å². The van der Waals surface area contributed by atoms with Crippen LogP contribution in [0.15, 0.2) is 24.3 Å². The summed E-state index contributed by atoms with van der Waals surface area (Å²) >= 11 is 0. The first kappa shape index (κ1) is 15.5. The van der Waals surface area contributed by atoms with Gasteiger partial charge in [-0.25, -0.2) is 0 Å². The Bertz CT molecular complexity index is 405. The molecule has 0 fully saturated rings. The Morgan fingerprint density at radius 1 is 1.42 bits per heavy atom. The Kier molecular flexibility index (Phi) is 6.36. The fraction of sp³-hybridized carbons (Fsp3) is 0.533. The zero-order chi connectivity index (χ0) is 14.3. The number of benzene rings is 1. The number of hydrogen-bond acceptors (Lipinski definition) is 3. The van der Waals surface area contributed by atoms with Gasteiger partial charge in [0.1, 0.15) is 5.75 Å². The molecule has 0 saturated carbocycles. The standard InChI is InChI=1S/C15H24N2O2/c1-12-7-5-8-14(11-12)19-13(2)15(18)16-9-6-10-17(3)4/h5,7-8,11,13H,6,9-10H2,1-4H3,(H,16,18). The molecule has 19 heavy (non-hydrogen) atoms. The van der Waals surface area contributed by atoms with Crippen molar-refractivity contribution in [3.8, 4) is 5.75 Å². The van der Waals surface area contributed by atoms with Gasteiger partial charge in [-0.05, 0) is 58.6 Å². The summed E-state index contributed by atoms with van der Waals surface area (Å²) in [5, 5.41) is 2.88. The molecular weight excluding hydrogens is 240 g/mol. The molecule has 0 aliphatic rings. The third-order valence-corrected chi connectivity index (χ3v) is 2.75. The second-order valence-corrected chi connectivity index (χ2v) is 5.02. The maximum atomic E-state index is 11.8. The van der Waals surface area contributed by atoms with Crippen molar-refractivity contribution in [3.63, 3.8) is 0 Å². The molecule has 1 rings (SSSR count). The van der Waals surface area contributed by atoms with E-state index in [4.69, 9.17) is 4.74 Å². The Morgan fingerprint density at radius 3 is 2.79 bits per heavy atom. The van der Waals surface area contributed by atoms with Gasteiger partial charge in [0.05, 0.1) is 0 Å². The highest BCUT2D eigenvalue weighted by atomic mass is 16.5. The van der Waals surface area contributed by atoms with Crippen LogP contribution in [-0.4, -0.2) is 44.1 Å². The average Bonchev–Trinajstić information content (AvgIpc) is 2.34. The lowest BCUT2D eigenvalue weighted by Gasteiger charge is -2.15. The molecule has 1 unspecified atom stereocenters. The summed E-state index contributed by atoms with van der Waals surface area (Å²) < 4.78 is 5.61. The van der Waals surface area contributed by atoms with E-state index in [1.807, 2.05) is 45.3 Å². The van der Waals surface area contributed by atoms with E-state index in [9.17, 15) is 4.79 Å². The summed E-state index contributed by atoms with van der Waals surface area (Å²) in [5.41, 5.74) is 1.12. The first-order chi connectivity index (χ1) is 8.99. The van der Waals surface area contributed by atoms with Crippen LogP contribution in [0, 0.1) is 6.92 Å². The topological polar surface area (TPSA) is 41.6 Å². The molecule has 0 radical (unpaired) electrons. The fourth-order valence-corrected chi connectivity index (χ4v) is 1.70. The summed E-state index contributed by atoms with van der Waals surface area (Å²) in [5.74, 6) is 0.663. The van der Waals surface area contributed by atoms with Crippen molar-refractivity contribution >= 4 is 5.91 Å². The molecule has 106 valence electrons. The first-order valence-electron chi connectivity index (χ1n) is 6.65. The molecule has 1 amide bonds. The van der Waals surface area contributed by atoms with Crippen LogP contribution in [0.5, 0.6) is 5.75 Å². The third kappa shape index (κ3) is 6.25. The zero-order valence-electron chi connectivity index (χ0n) is 12.3. The largest absolute Gasteiger partial charge is 0.481 e. The van der Waals surface area contributed by atoms with E-state index in [0.29, 0.717) is 6.54 Å². The Hall–Kier alpha value is -1.55. The predicted octanol–water partition coefficient (Wildman–Crippen LogP) is 1.83. The quantitative estimate of drug-likeness (QED) is 0.764. The minimum Gasteiger partial charge on any atom is -0.481 e. The fourth-order valence-electron chi connectivity index (χ4n) is 1.70. The van der Waals surface area contributed by atoms with Crippen molar-refractivity contribution in [2.24, 2.45) is 0 Å². The molecule has 1 N–H and O–H groups in total. The Balaban J connectivity index is 2.32. The predicted molar refractivity (Wildman–Crippen MR) is 77.4 cm³/mol. The van der Waals surface area contributed by atoms with E-state index in [1.165, 1.54) is 0 Å². The SMILES string of the molecule is Cc1cccc(OC(C)C(=O)NCCCN(C)C)c1. The van der Waals surface area contributed by atoms with E-state index < -0.39 is 6.10 Å². The van der Waals surface area contributed by atoms with E-state index in [2.05, 4.69) is 10.2 Å². The maximum Gasteiger partial charge on any atom is 0.260 e. The van der Waals surface area contributed by atoms with Crippen LogP contribution in [0.25, 0.3) is 0 Å². The number of aryl methyl sites for hydroxylation is 1. The van der Waals surface area contributed by atoms with Crippen molar-refractivity contribution in [2.75, 3.05) is 27.2 Å². The number of nitrogens with one attached hydrogen (secondary N) is 1. The summed E-state index contributed by atoms with van der Waals surface area (Å²) in [6, 6.07) is 7.71. The molecule has 0 heterocycles. The van der Waals surface area contributed by atoms with E-state index in [0.717, 1.165) is 24.3 Å². The Morgan fingerprint density at radius 2 is 2.16 bits per heavy atom. The lowest BCUT2D eigenvalue weighted by Crippen LogP contribution is -2.37. The van der Waals surface area contributed by atoms with E-state index in [1.54, 1.807) is 6.92 Å². The lowest BCUT2D eigenvalue weighted by molar-refractivity contribution is -0.127. The van der Waals surface area contributed by atoms with Crippen LogP contribution in [0.4, 0.5) is 0 Å². The van der Waals surface area contributed by atoms with Gasteiger partial charge < -0.3 is 15.0 Å². The second kappa shape index (κ2) is 7.79. The van der Waals surface area contributed by atoms with E-state index >= 15 is 0 Å². The van der Waals surface area contributed by atoms with Crippen molar-refractivity contribution in [2.45, 2.75) is 26.4 Å². The van der Waals surface area contributed by atoms with Crippen molar-refractivity contribution < 1.29 is 9.53 Å². The van der Waals surface area contributed by atoms with Gasteiger partial charge in [-0.3, -0.25) is 4.79 Å². The van der Waals surface area contributed by atoms with Gasteiger partial charge in [-0.1, -0.05) is 12.1 Å². The van der Waals surface area contributed by atoms with Gasteiger partial charge in [0.25, 0.3) is 5.91 Å². The normalized spacial score (nSPS) is 12.3. The molecule has 4 nitrogen and oxygen atoms in total. The zero-order valence-corrected chi connectivity index (χ0v) is 12.3. The molecule has 0 aromatic heterocycles. The van der Waals surface area contributed by atoms with Gasteiger partial charge in [0.2, 0.25) is 0 Å². The number of rotatable bonds is 7. The summed E-state index contributed by atoms with van der Waals surface area (Å²) in [4.78, 5) is 13.9. The number of ether oxygens (including phenoxy) is 1. The van der Waals surface area contributed by atoms with Gasteiger partial charge in [0.15, 0.2) is 6.10 Å². The number of carbonyl (C=O) groups excluding carboxylic acids is 1. The number of carbonyl (C=O) groups is 1. The monoisotopic (exact) mass is 264 g/mol. The van der Waals surface area contributed by atoms with Gasteiger partial charge in [-0.15, -0.1) is 0 Å². The highest BCUT2D eigenvalue weighted by Crippen LogP contribution is 2.14. The van der Waals surface area contributed by atoms with Crippen LogP contribution < -0.4 is 10.1 Å². The molecule has 0 spiro atoms. The van der Waals surface area contributed by atoms with Gasteiger partial charge in [-0.2, -0.15) is 0 Å². The van der Waals surface area contributed by atoms with Crippen molar-refractivity contribution in [1.82, 2.24) is 10.2 Å². The molecule has 4 heteroatoms. The highest BCUT2D eigenvalue weighted by Gasteiger charge is 2.13. The molecule has 1 aromatic carbocycles. The van der Waals surface area contributed by atoms with Gasteiger partial charge >= 0.3 is 0 Å². The van der Waals surface area contributed by atoms with Crippen LogP contribution in [0.2, 0.25) is 0 Å². The lowest BCUT2D eigenvalue weighted by atomic mass is 10.2. The van der Waals surface area contributed by atoms with Crippen LogP contribution in [0.1, 0.15) is 18.9 Å². The Labute approximate surface area is 115 Å². The summed E-state index contributed by atoms with van der Waals surface area (Å²) in [6.45, 7) is 5.41. The molecule has 0 saturated heterocycles. The molecule has 1 aromatic rings. The molecule has 0 bridgehead atoms. The number of nitrogens with zero attached hydrogens (tertiary/aromatic N) is 1. The van der Waals surface area contributed by atoms with E-state index in [-0.39, 0.29) is 5.91 Å². The van der Waals surface area contributed by atoms with Crippen LogP contribution >= 0.6 is 0 Å². The molecule has 1 atom stereocenters. The summed E-state index contributed by atoms with van der Waals surface area (Å²) in [6.07, 6.45) is 0.469. The minimum atomic E-state index is -0.471. The smallest absolute Gasteiger partial charge is 0.260 e. The van der Waals surface area contributed by atoms with Gasteiger partial charge in [0, 0.05) is 6.54 Å². The second-order valence-electron chi connectivity index (χ2n) is 5.02. The van der Waals surface area contributed by atoms with Crippen LogP contribution in [0.3, 0.4) is 0 Å². The van der Waals surface area contributed by atoms with Crippen LogP contribution in [-0.2, 0) is 4.79 Å². The number of amides is 1. The highest BCUT2D eigenvalue weighted by molar-refractivity contribution is 5.80. The molecular formula is C15H24N2O2. The number of hydrogen-bond donors (Lipinski definition) is 1. The molecule has 0 aliphatic heterocycles. The minimum absolute atomic E-state index is 0.0692. The first-order valence-corrected chi connectivity index (χ1v) is 6.65. The third-order valence-electron chi connectivity index (χ3n) is 2.75.